The van der Waals surface area contributed by atoms with E-state index in [-0.39, 0.29) is 6.54 Å². The number of amides is 1. The van der Waals surface area contributed by atoms with Gasteiger partial charge >= 0.3 is 12.4 Å². The number of para-hydroxylation sites is 1. The normalized spacial score (nSPS) is 12.1. The summed E-state index contributed by atoms with van der Waals surface area (Å²) >= 11 is 0. The lowest BCUT2D eigenvalue weighted by atomic mass is 10.1. The number of hydrogen-bond acceptors (Lipinski definition) is 2. The van der Waals surface area contributed by atoms with E-state index in [0.29, 0.717) is 0 Å². The molecule has 1 amide bonds. The zero-order valence-corrected chi connectivity index (χ0v) is 10.8. The largest absolute Gasteiger partial charge is 0.418 e. The van der Waals surface area contributed by atoms with Gasteiger partial charge in [-0.05, 0) is 19.1 Å². The van der Waals surface area contributed by atoms with Crippen molar-refractivity contribution in [1.82, 2.24) is 5.32 Å². The van der Waals surface area contributed by atoms with Gasteiger partial charge in [-0.15, -0.1) is 0 Å². The molecule has 0 saturated carbocycles. The molecule has 0 bridgehead atoms. The summed E-state index contributed by atoms with van der Waals surface area (Å²) in [4.78, 5) is 11.6. The predicted molar refractivity (Wildman–Crippen MR) is 64.0 cm³/mol. The fourth-order valence-electron chi connectivity index (χ4n) is 1.62. The lowest BCUT2D eigenvalue weighted by Crippen LogP contribution is -2.34. The molecule has 0 radical (unpaired) electrons. The highest BCUT2D eigenvalue weighted by atomic mass is 19.4. The van der Waals surface area contributed by atoms with Crippen LogP contribution in [0.2, 0.25) is 0 Å². The molecule has 21 heavy (non-hydrogen) atoms. The summed E-state index contributed by atoms with van der Waals surface area (Å²) in [5.74, 6) is -1.23. The van der Waals surface area contributed by atoms with Gasteiger partial charge in [-0.25, -0.2) is 0 Å². The summed E-state index contributed by atoms with van der Waals surface area (Å²) in [5.41, 5.74) is -2.13. The summed E-state index contributed by atoms with van der Waals surface area (Å²) in [5, 5.41) is 3.91. The predicted octanol–water partition coefficient (Wildman–Crippen LogP) is 3.43. The lowest BCUT2D eigenvalue weighted by molar-refractivity contribution is -0.137. The van der Waals surface area contributed by atoms with Gasteiger partial charge in [0.05, 0.1) is 16.8 Å². The molecule has 0 fully saturated rings. The summed E-state index contributed by atoms with van der Waals surface area (Å²) in [7, 11) is 0. The van der Waals surface area contributed by atoms with Crippen LogP contribution in [-0.2, 0) is 6.18 Å². The van der Waals surface area contributed by atoms with E-state index in [1.165, 1.54) is 6.92 Å². The van der Waals surface area contributed by atoms with E-state index in [0.717, 1.165) is 18.2 Å². The molecule has 0 atom stereocenters. The number of halogens is 6. The SMILES string of the molecule is CCNc1c(C(=O)NCC(F)(F)F)cccc1C(F)(F)F. The van der Waals surface area contributed by atoms with Crippen molar-refractivity contribution in [3.05, 3.63) is 29.3 Å². The summed E-state index contributed by atoms with van der Waals surface area (Å²) < 4.78 is 74.6. The maximum Gasteiger partial charge on any atom is 0.418 e. The number of carbonyl (C=O) groups excluding carboxylic acids is 1. The molecule has 0 aliphatic heterocycles. The van der Waals surface area contributed by atoms with E-state index < -0.39 is 41.6 Å². The van der Waals surface area contributed by atoms with Gasteiger partial charge in [-0.3, -0.25) is 4.79 Å². The molecule has 1 rings (SSSR count). The first-order valence-corrected chi connectivity index (χ1v) is 5.85. The highest BCUT2D eigenvalue weighted by Crippen LogP contribution is 2.36. The molecule has 1 aromatic rings. The molecular weight excluding hydrogens is 302 g/mol. The van der Waals surface area contributed by atoms with Crippen molar-refractivity contribution in [2.45, 2.75) is 19.3 Å². The van der Waals surface area contributed by atoms with Crippen LogP contribution >= 0.6 is 0 Å². The van der Waals surface area contributed by atoms with E-state index in [9.17, 15) is 31.1 Å². The first kappa shape index (κ1) is 17.1. The molecule has 0 saturated heterocycles. The molecule has 0 spiro atoms. The molecule has 1 aromatic carbocycles. The third kappa shape index (κ3) is 4.83. The first-order valence-electron chi connectivity index (χ1n) is 5.85. The van der Waals surface area contributed by atoms with Crippen LogP contribution in [0, 0.1) is 0 Å². The summed E-state index contributed by atoms with van der Waals surface area (Å²) in [6.45, 7) is -0.0369. The number of rotatable bonds is 4. The van der Waals surface area contributed by atoms with Crippen molar-refractivity contribution in [3.63, 3.8) is 0 Å². The number of alkyl halides is 6. The topological polar surface area (TPSA) is 41.1 Å². The zero-order chi connectivity index (χ0) is 16.3. The molecule has 0 unspecified atom stereocenters. The third-order valence-corrected chi connectivity index (χ3v) is 2.42. The van der Waals surface area contributed by atoms with Gasteiger partial charge in [-0.2, -0.15) is 26.3 Å². The summed E-state index contributed by atoms with van der Waals surface area (Å²) in [6, 6.07) is 2.74. The Morgan fingerprint density at radius 3 is 2.24 bits per heavy atom. The van der Waals surface area contributed by atoms with Crippen LogP contribution in [0.4, 0.5) is 32.0 Å². The van der Waals surface area contributed by atoms with E-state index in [2.05, 4.69) is 5.32 Å². The summed E-state index contributed by atoms with van der Waals surface area (Å²) in [6.07, 6.45) is -9.37. The molecule has 3 nitrogen and oxygen atoms in total. The van der Waals surface area contributed by atoms with Crippen molar-refractivity contribution in [2.75, 3.05) is 18.4 Å². The number of hydrogen-bond donors (Lipinski definition) is 2. The Bertz CT molecular complexity index is 509. The molecule has 9 heteroatoms. The number of nitrogens with one attached hydrogen (secondary N) is 2. The van der Waals surface area contributed by atoms with E-state index in [1.54, 1.807) is 5.32 Å². The second-order valence-corrected chi connectivity index (χ2v) is 4.05. The van der Waals surface area contributed by atoms with E-state index in [1.807, 2.05) is 0 Å². The van der Waals surface area contributed by atoms with Gasteiger partial charge in [0.2, 0.25) is 0 Å². The van der Waals surface area contributed by atoms with E-state index in [4.69, 9.17) is 0 Å². The van der Waals surface area contributed by atoms with Crippen molar-refractivity contribution in [3.8, 4) is 0 Å². The van der Waals surface area contributed by atoms with Crippen molar-refractivity contribution in [2.24, 2.45) is 0 Å². The van der Waals surface area contributed by atoms with Gasteiger partial charge in [0.1, 0.15) is 6.54 Å². The smallest absolute Gasteiger partial charge is 0.384 e. The standard InChI is InChI=1S/C12H12F6N2O/c1-2-19-9-7(10(21)20-6-11(13,14)15)4-3-5-8(9)12(16,17)18/h3-5,19H,2,6H2,1H3,(H,20,21). The monoisotopic (exact) mass is 314 g/mol. The number of anilines is 1. The van der Waals surface area contributed by atoms with Crippen molar-refractivity contribution in [1.29, 1.82) is 0 Å². The van der Waals surface area contributed by atoms with Crippen LogP contribution in [0.1, 0.15) is 22.8 Å². The molecule has 118 valence electrons. The molecule has 0 aromatic heterocycles. The third-order valence-electron chi connectivity index (χ3n) is 2.42. The quantitative estimate of drug-likeness (QED) is 0.836. The Labute approximate surface area is 116 Å². The first-order chi connectivity index (χ1) is 9.56. The van der Waals surface area contributed by atoms with Crippen molar-refractivity contribution >= 4 is 11.6 Å². The Morgan fingerprint density at radius 1 is 1.14 bits per heavy atom. The average Bonchev–Trinajstić information content (AvgIpc) is 2.34. The number of carbonyl (C=O) groups is 1. The van der Waals surface area contributed by atoms with Crippen LogP contribution in [0.3, 0.4) is 0 Å². The van der Waals surface area contributed by atoms with Gasteiger partial charge in [0.25, 0.3) is 5.91 Å². The lowest BCUT2D eigenvalue weighted by Gasteiger charge is -2.17. The maximum absolute atomic E-state index is 12.8. The van der Waals surface area contributed by atoms with Crippen LogP contribution in [0.25, 0.3) is 0 Å². The molecule has 0 aliphatic carbocycles. The van der Waals surface area contributed by atoms with Gasteiger partial charge in [0.15, 0.2) is 0 Å². The zero-order valence-electron chi connectivity index (χ0n) is 10.8. The van der Waals surface area contributed by atoms with Crippen LogP contribution in [0.5, 0.6) is 0 Å². The maximum atomic E-state index is 12.8. The number of benzene rings is 1. The molecule has 2 N–H and O–H groups in total. The Hall–Kier alpha value is -1.93. The fourth-order valence-corrected chi connectivity index (χ4v) is 1.62. The van der Waals surface area contributed by atoms with Gasteiger partial charge in [0, 0.05) is 6.54 Å². The van der Waals surface area contributed by atoms with Gasteiger partial charge < -0.3 is 10.6 Å². The molecular formula is C12H12F6N2O. The van der Waals surface area contributed by atoms with Crippen molar-refractivity contribution < 1.29 is 31.1 Å². The molecule has 0 heterocycles. The Kier molecular flexibility index (Phi) is 5.08. The minimum Gasteiger partial charge on any atom is -0.384 e. The minimum absolute atomic E-state index is 0.0760. The van der Waals surface area contributed by atoms with Crippen LogP contribution in [0.15, 0.2) is 18.2 Å². The minimum atomic E-state index is -4.72. The highest BCUT2D eigenvalue weighted by molar-refractivity contribution is 6.00. The highest BCUT2D eigenvalue weighted by Gasteiger charge is 2.35. The van der Waals surface area contributed by atoms with Gasteiger partial charge in [-0.1, -0.05) is 6.07 Å². The average molecular weight is 314 g/mol. The fraction of sp³-hybridized carbons (Fsp3) is 0.417. The Balaban J connectivity index is 3.14. The molecule has 0 aliphatic rings. The Morgan fingerprint density at radius 2 is 1.76 bits per heavy atom. The second kappa shape index (κ2) is 6.23. The van der Waals surface area contributed by atoms with Crippen LogP contribution in [-0.4, -0.2) is 25.2 Å². The second-order valence-electron chi connectivity index (χ2n) is 4.05. The van der Waals surface area contributed by atoms with Crippen LogP contribution < -0.4 is 10.6 Å². The van der Waals surface area contributed by atoms with E-state index >= 15 is 0 Å².